The van der Waals surface area contributed by atoms with Crippen molar-refractivity contribution >= 4 is 11.8 Å². The lowest BCUT2D eigenvalue weighted by molar-refractivity contribution is -0.142. The Morgan fingerprint density at radius 1 is 1.38 bits per heavy atom. The van der Waals surface area contributed by atoms with Crippen molar-refractivity contribution in [2.45, 2.75) is 18.3 Å². The predicted molar refractivity (Wildman–Crippen MR) is 43.6 cm³/mol. The number of aryl methyl sites for hydroxylation is 1. The zero-order valence-electron chi connectivity index (χ0n) is 7.01. The first kappa shape index (κ1) is 10.3. The Balaban J connectivity index is 3.19. The maximum atomic E-state index is 12.3. The van der Waals surface area contributed by atoms with Crippen molar-refractivity contribution in [1.82, 2.24) is 9.97 Å². The van der Waals surface area contributed by atoms with Crippen LogP contribution in [-0.2, 0) is 6.18 Å². The summed E-state index contributed by atoms with van der Waals surface area (Å²) in [6, 6.07) is 0. The van der Waals surface area contributed by atoms with Gasteiger partial charge in [0, 0.05) is 6.20 Å². The molecule has 0 saturated heterocycles. The van der Waals surface area contributed by atoms with Gasteiger partial charge < -0.3 is 0 Å². The Morgan fingerprint density at radius 2 is 2.00 bits per heavy atom. The average Bonchev–Trinajstić information content (AvgIpc) is 2.03. The highest BCUT2D eigenvalue weighted by atomic mass is 32.2. The van der Waals surface area contributed by atoms with Gasteiger partial charge in [-0.2, -0.15) is 13.2 Å². The minimum atomic E-state index is -4.39. The van der Waals surface area contributed by atoms with E-state index in [1.54, 1.807) is 6.26 Å². The van der Waals surface area contributed by atoms with Gasteiger partial charge in [-0.25, -0.2) is 9.97 Å². The summed E-state index contributed by atoms with van der Waals surface area (Å²) in [5.74, 6) is 0. The zero-order chi connectivity index (χ0) is 10.1. The summed E-state index contributed by atoms with van der Waals surface area (Å²) in [5.41, 5.74) is -0.808. The number of thioether (sulfide) groups is 1. The molecule has 0 radical (unpaired) electrons. The van der Waals surface area contributed by atoms with Crippen LogP contribution in [0.2, 0.25) is 0 Å². The van der Waals surface area contributed by atoms with Crippen LogP contribution in [0.5, 0.6) is 0 Å². The second-order valence-corrected chi connectivity index (χ2v) is 3.16. The Bertz CT molecular complexity index is 311. The van der Waals surface area contributed by atoms with E-state index in [0.717, 1.165) is 11.8 Å². The van der Waals surface area contributed by atoms with Crippen molar-refractivity contribution < 1.29 is 13.2 Å². The number of halogens is 3. The van der Waals surface area contributed by atoms with Gasteiger partial charge in [0.05, 0.1) is 0 Å². The molecule has 6 heteroatoms. The molecule has 0 saturated carbocycles. The normalized spacial score (nSPS) is 11.8. The second-order valence-electron chi connectivity index (χ2n) is 2.39. The summed E-state index contributed by atoms with van der Waals surface area (Å²) in [6.07, 6.45) is -1.58. The van der Waals surface area contributed by atoms with Gasteiger partial charge in [0.15, 0.2) is 10.9 Å². The van der Waals surface area contributed by atoms with Crippen molar-refractivity contribution in [2.24, 2.45) is 0 Å². The molecule has 0 atom stereocenters. The van der Waals surface area contributed by atoms with Crippen molar-refractivity contribution in [3.63, 3.8) is 0 Å². The second kappa shape index (κ2) is 3.53. The molecule has 0 N–H and O–H groups in total. The quantitative estimate of drug-likeness (QED) is 0.524. The molecule has 0 aromatic carbocycles. The number of hydrogen-bond acceptors (Lipinski definition) is 3. The third-order valence-corrected chi connectivity index (χ3v) is 1.96. The average molecular weight is 208 g/mol. The summed E-state index contributed by atoms with van der Waals surface area (Å²) in [6.45, 7) is 1.34. The Kier molecular flexibility index (Phi) is 2.80. The molecule has 72 valence electrons. The van der Waals surface area contributed by atoms with Crippen molar-refractivity contribution in [2.75, 3.05) is 6.26 Å². The standard InChI is InChI=1S/C7H7F3N2S/c1-4-3-11-6(13-2)12-5(4)7(8,9)10/h3H,1-2H3. The van der Waals surface area contributed by atoms with E-state index in [9.17, 15) is 13.2 Å². The fourth-order valence-electron chi connectivity index (χ4n) is 0.811. The van der Waals surface area contributed by atoms with Gasteiger partial charge in [-0.15, -0.1) is 0 Å². The summed E-state index contributed by atoms with van der Waals surface area (Å²) < 4.78 is 36.8. The number of nitrogens with zero attached hydrogens (tertiary/aromatic N) is 2. The lowest BCUT2D eigenvalue weighted by Gasteiger charge is -2.08. The summed E-state index contributed by atoms with van der Waals surface area (Å²) in [5, 5.41) is 0.137. The number of aromatic nitrogens is 2. The fraction of sp³-hybridized carbons (Fsp3) is 0.429. The molecule has 0 bridgehead atoms. The first-order chi connectivity index (χ1) is 5.95. The molecular weight excluding hydrogens is 201 g/mol. The smallest absolute Gasteiger partial charge is 0.231 e. The van der Waals surface area contributed by atoms with Crippen LogP contribution in [0.25, 0.3) is 0 Å². The van der Waals surface area contributed by atoms with Crippen LogP contribution < -0.4 is 0 Å². The first-order valence-electron chi connectivity index (χ1n) is 3.40. The topological polar surface area (TPSA) is 25.8 Å². The molecule has 0 aliphatic rings. The molecule has 0 aliphatic heterocycles. The molecule has 1 heterocycles. The third kappa shape index (κ3) is 2.33. The van der Waals surface area contributed by atoms with E-state index < -0.39 is 11.9 Å². The van der Waals surface area contributed by atoms with E-state index in [0.29, 0.717) is 0 Å². The predicted octanol–water partition coefficient (Wildman–Crippen LogP) is 2.53. The molecule has 1 aromatic heterocycles. The number of alkyl halides is 3. The lowest BCUT2D eigenvalue weighted by atomic mass is 10.2. The maximum Gasteiger partial charge on any atom is 0.433 e. The molecule has 0 fully saturated rings. The highest BCUT2D eigenvalue weighted by Crippen LogP contribution is 2.30. The van der Waals surface area contributed by atoms with E-state index in [1.165, 1.54) is 13.1 Å². The maximum absolute atomic E-state index is 12.3. The molecule has 0 amide bonds. The molecule has 13 heavy (non-hydrogen) atoms. The molecule has 0 aliphatic carbocycles. The van der Waals surface area contributed by atoms with Crippen molar-refractivity contribution in [3.05, 3.63) is 17.5 Å². The number of rotatable bonds is 1. The van der Waals surface area contributed by atoms with E-state index in [-0.39, 0.29) is 10.7 Å². The monoisotopic (exact) mass is 208 g/mol. The number of hydrogen-bond donors (Lipinski definition) is 0. The van der Waals surface area contributed by atoms with E-state index in [4.69, 9.17) is 0 Å². The molecule has 2 nitrogen and oxygen atoms in total. The van der Waals surface area contributed by atoms with Gasteiger partial charge in [-0.3, -0.25) is 0 Å². The van der Waals surface area contributed by atoms with Crippen LogP contribution >= 0.6 is 11.8 Å². The van der Waals surface area contributed by atoms with E-state index in [1.807, 2.05) is 0 Å². The van der Waals surface area contributed by atoms with Crippen LogP contribution in [0, 0.1) is 6.92 Å². The molecule has 0 spiro atoms. The highest BCUT2D eigenvalue weighted by molar-refractivity contribution is 7.98. The first-order valence-corrected chi connectivity index (χ1v) is 4.62. The summed E-state index contributed by atoms with van der Waals surface area (Å²) in [7, 11) is 0. The van der Waals surface area contributed by atoms with Gasteiger partial charge in [-0.1, -0.05) is 11.8 Å². The highest BCUT2D eigenvalue weighted by Gasteiger charge is 2.34. The third-order valence-electron chi connectivity index (χ3n) is 1.40. The van der Waals surface area contributed by atoms with Gasteiger partial charge in [0.1, 0.15) is 0 Å². The fourth-order valence-corrected chi connectivity index (χ4v) is 1.15. The van der Waals surface area contributed by atoms with Crippen LogP contribution in [0.3, 0.4) is 0 Å². The molecule has 0 unspecified atom stereocenters. The van der Waals surface area contributed by atoms with Crippen molar-refractivity contribution in [1.29, 1.82) is 0 Å². The SMILES string of the molecule is CSc1ncc(C)c(C(F)(F)F)n1. The zero-order valence-corrected chi connectivity index (χ0v) is 7.83. The van der Waals surface area contributed by atoms with Crippen LogP contribution in [0.4, 0.5) is 13.2 Å². The van der Waals surface area contributed by atoms with E-state index >= 15 is 0 Å². The minimum absolute atomic E-state index is 0.0466. The Morgan fingerprint density at radius 3 is 2.46 bits per heavy atom. The van der Waals surface area contributed by atoms with Gasteiger partial charge in [0.2, 0.25) is 0 Å². The Labute approximate surface area is 77.6 Å². The minimum Gasteiger partial charge on any atom is -0.231 e. The Hall–Kier alpha value is -0.780. The van der Waals surface area contributed by atoms with Gasteiger partial charge in [0.25, 0.3) is 0 Å². The van der Waals surface area contributed by atoms with E-state index in [2.05, 4.69) is 9.97 Å². The molecule has 1 rings (SSSR count). The molecular formula is C7H7F3N2S. The van der Waals surface area contributed by atoms with Crippen LogP contribution in [-0.4, -0.2) is 16.2 Å². The van der Waals surface area contributed by atoms with Gasteiger partial charge >= 0.3 is 6.18 Å². The van der Waals surface area contributed by atoms with Crippen LogP contribution in [0.1, 0.15) is 11.3 Å². The molecule has 1 aromatic rings. The largest absolute Gasteiger partial charge is 0.433 e. The summed E-state index contributed by atoms with van der Waals surface area (Å²) in [4.78, 5) is 7.11. The van der Waals surface area contributed by atoms with Crippen molar-refractivity contribution in [3.8, 4) is 0 Å². The van der Waals surface area contributed by atoms with Gasteiger partial charge in [-0.05, 0) is 18.7 Å². The van der Waals surface area contributed by atoms with Crippen LogP contribution in [0.15, 0.2) is 11.4 Å². The lowest BCUT2D eigenvalue weighted by Crippen LogP contribution is -2.11. The summed E-state index contributed by atoms with van der Waals surface area (Å²) >= 11 is 1.09.